The molecule has 1 heterocycles. The molecule has 3 rings (SSSR count). The second-order valence-corrected chi connectivity index (χ2v) is 6.90. The summed E-state index contributed by atoms with van der Waals surface area (Å²) in [6.45, 7) is 3.70. The highest BCUT2D eigenvalue weighted by atomic mass is 16.2. The van der Waals surface area contributed by atoms with Crippen molar-refractivity contribution in [1.29, 1.82) is 0 Å². The Bertz CT molecular complexity index is 615. The van der Waals surface area contributed by atoms with Crippen LogP contribution in [0.1, 0.15) is 37.7 Å². The SMILES string of the molecule is Cc1ccc(NC(=O)[C@H]2CC=CC[C@@H]2C(=O)N2CCCCC2)cc1. The van der Waals surface area contributed by atoms with Gasteiger partial charge in [0.25, 0.3) is 0 Å². The number of aryl methyl sites for hydroxylation is 1. The van der Waals surface area contributed by atoms with Crippen LogP contribution >= 0.6 is 0 Å². The number of anilines is 1. The molecule has 0 aromatic heterocycles. The lowest BCUT2D eigenvalue weighted by Crippen LogP contribution is -2.45. The van der Waals surface area contributed by atoms with E-state index in [9.17, 15) is 9.59 Å². The lowest BCUT2D eigenvalue weighted by Gasteiger charge is -2.34. The third-order valence-electron chi connectivity index (χ3n) is 5.07. The number of piperidine rings is 1. The van der Waals surface area contributed by atoms with Gasteiger partial charge in [-0.2, -0.15) is 0 Å². The van der Waals surface area contributed by atoms with E-state index in [1.54, 1.807) is 0 Å². The zero-order chi connectivity index (χ0) is 16.9. The van der Waals surface area contributed by atoms with Crippen molar-refractivity contribution in [3.8, 4) is 0 Å². The Hall–Kier alpha value is -2.10. The zero-order valence-electron chi connectivity index (χ0n) is 14.3. The first-order valence-corrected chi connectivity index (χ1v) is 8.96. The van der Waals surface area contributed by atoms with Gasteiger partial charge in [0.1, 0.15) is 0 Å². The Morgan fingerprint density at radius 2 is 1.58 bits per heavy atom. The first-order chi connectivity index (χ1) is 11.6. The summed E-state index contributed by atoms with van der Waals surface area (Å²) in [5.41, 5.74) is 1.95. The van der Waals surface area contributed by atoms with Crippen molar-refractivity contribution < 1.29 is 9.59 Å². The number of nitrogens with one attached hydrogen (secondary N) is 1. The van der Waals surface area contributed by atoms with Crippen LogP contribution in [-0.4, -0.2) is 29.8 Å². The minimum atomic E-state index is -0.272. The van der Waals surface area contributed by atoms with Crippen molar-refractivity contribution in [2.75, 3.05) is 18.4 Å². The summed E-state index contributed by atoms with van der Waals surface area (Å²) in [6, 6.07) is 7.78. The summed E-state index contributed by atoms with van der Waals surface area (Å²) in [4.78, 5) is 27.6. The Morgan fingerprint density at radius 1 is 0.958 bits per heavy atom. The Morgan fingerprint density at radius 3 is 2.25 bits per heavy atom. The second kappa shape index (κ2) is 7.65. The lowest BCUT2D eigenvalue weighted by atomic mass is 9.81. The highest BCUT2D eigenvalue weighted by Gasteiger charge is 2.36. The smallest absolute Gasteiger partial charge is 0.228 e. The Balaban J connectivity index is 1.69. The number of amides is 2. The first-order valence-electron chi connectivity index (χ1n) is 8.96. The van der Waals surface area contributed by atoms with E-state index < -0.39 is 0 Å². The van der Waals surface area contributed by atoms with E-state index in [0.717, 1.165) is 37.2 Å². The van der Waals surface area contributed by atoms with E-state index in [4.69, 9.17) is 0 Å². The molecule has 1 N–H and O–H groups in total. The summed E-state index contributed by atoms with van der Waals surface area (Å²) in [6.07, 6.45) is 8.74. The van der Waals surface area contributed by atoms with Crippen molar-refractivity contribution in [2.45, 2.75) is 39.0 Å². The van der Waals surface area contributed by atoms with E-state index >= 15 is 0 Å². The summed E-state index contributed by atoms with van der Waals surface area (Å²) in [7, 11) is 0. The molecule has 1 fully saturated rings. The molecule has 1 aliphatic heterocycles. The van der Waals surface area contributed by atoms with Gasteiger partial charge in [-0.25, -0.2) is 0 Å². The molecule has 2 amide bonds. The van der Waals surface area contributed by atoms with Gasteiger partial charge in [0.2, 0.25) is 11.8 Å². The summed E-state index contributed by atoms with van der Waals surface area (Å²) in [5.74, 6) is -0.383. The van der Waals surface area contributed by atoms with Crippen molar-refractivity contribution in [3.63, 3.8) is 0 Å². The van der Waals surface area contributed by atoms with Gasteiger partial charge in [0.15, 0.2) is 0 Å². The number of likely N-dealkylation sites (tertiary alicyclic amines) is 1. The molecule has 1 aromatic rings. The molecule has 0 radical (unpaired) electrons. The maximum absolute atomic E-state index is 12.9. The number of nitrogens with zero attached hydrogens (tertiary/aromatic N) is 1. The van der Waals surface area contributed by atoms with Crippen LogP contribution in [-0.2, 0) is 9.59 Å². The highest BCUT2D eigenvalue weighted by molar-refractivity contribution is 5.96. The van der Waals surface area contributed by atoms with Crippen LogP contribution < -0.4 is 5.32 Å². The Kier molecular flexibility index (Phi) is 5.34. The van der Waals surface area contributed by atoms with Crippen LogP contribution in [0.25, 0.3) is 0 Å². The summed E-state index contributed by atoms with van der Waals surface area (Å²) >= 11 is 0. The van der Waals surface area contributed by atoms with Crippen LogP contribution in [0.4, 0.5) is 5.69 Å². The standard InChI is InChI=1S/C20H26N2O2/c1-15-9-11-16(12-10-15)21-19(23)17-7-3-4-8-18(17)20(24)22-13-5-2-6-14-22/h3-4,9-12,17-18H,2,5-8,13-14H2,1H3,(H,21,23)/t17-,18-/m0/s1. The molecule has 128 valence electrons. The van der Waals surface area contributed by atoms with Crippen LogP contribution in [0.3, 0.4) is 0 Å². The molecule has 1 aliphatic carbocycles. The second-order valence-electron chi connectivity index (χ2n) is 6.90. The molecular formula is C20H26N2O2. The van der Waals surface area contributed by atoms with Crippen LogP contribution in [0.2, 0.25) is 0 Å². The monoisotopic (exact) mass is 326 g/mol. The van der Waals surface area contributed by atoms with Gasteiger partial charge in [-0.15, -0.1) is 0 Å². The molecule has 0 bridgehead atoms. The number of hydrogen-bond donors (Lipinski definition) is 1. The fourth-order valence-electron chi connectivity index (χ4n) is 3.60. The van der Waals surface area contributed by atoms with Crippen molar-refractivity contribution in [3.05, 3.63) is 42.0 Å². The molecule has 0 spiro atoms. The average Bonchev–Trinajstić information content (AvgIpc) is 2.63. The molecule has 0 saturated carbocycles. The molecule has 4 nitrogen and oxygen atoms in total. The van der Waals surface area contributed by atoms with Gasteiger partial charge in [0.05, 0.1) is 11.8 Å². The zero-order valence-corrected chi connectivity index (χ0v) is 14.3. The van der Waals surface area contributed by atoms with E-state index in [-0.39, 0.29) is 23.7 Å². The average molecular weight is 326 g/mol. The van der Waals surface area contributed by atoms with Gasteiger partial charge in [-0.05, 0) is 51.2 Å². The molecule has 1 saturated heterocycles. The highest BCUT2D eigenvalue weighted by Crippen LogP contribution is 2.29. The van der Waals surface area contributed by atoms with Gasteiger partial charge >= 0.3 is 0 Å². The molecule has 24 heavy (non-hydrogen) atoms. The third-order valence-corrected chi connectivity index (χ3v) is 5.07. The molecular weight excluding hydrogens is 300 g/mol. The van der Waals surface area contributed by atoms with E-state index in [1.165, 1.54) is 6.42 Å². The molecule has 0 unspecified atom stereocenters. The summed E-state index contributed by atoms with van der Waals surface area (Å²) < 4.78 is 0. The number of hydrogen-bond acceptors (Lipinski definition) is 2. The number of allylic oxidation sites excluding steroid dienone is 2. The molecule has 2 atom stereocenters. The minimum absolute atomic E-state index is 0.0430. The fraction of sp³-hybridized carbons (Fsp3) is 0.500. The lowest BCUT2D eigenvalue weighted by molar-refractivity contribution is -0.141. The van der Waals surface area contributed by atoms with Crippen LogP contribution in [0.15, 0.2) is 36.4 Å². The fourth-order valence-corrected chi connectivity index (χ4v) is 3.60. The van der Waals surface area contributed by atoms with Crippen LogP contribution in [0, 0.1) is 18.8 Å². The number of rotatable bonds is 3. The number of benzene rings is 1. The van der Waals surface area contributed by atoms with Gasteiger partial charge in [0, 0.05) is 18.8 Å². The van der Waals surface area contributed by atoms with Crippen molar-refractivity contribution >= 4 is 17.5 Å². The largest absolute Gasteiger partial charge is 0.342 e. The van der Waals surface area contributed by atoms with E-state index in [0.29, 0.717) is 12.8 Å². The third kappa shape index (κ3) is 3.86. The van der Waals surface area contributed by atoms with Gasteiger partial charge in [-0.3, -0.25) is 9.59 Å². The Labute approximate surface area is 143 Å². The van der Waals surface area contributed by atoms with E-state index in [2.05, 4.69) is 5.32 Å². The number of carbonyl (C=O) groups is 2. The van der Waals surface area contributed by atoms with Gasteiger partial charge in [-0.1, -0.05) is 29.8 Å². The van der Waals surface area contributed by atoms with Crippen molar-refractivity contribution in [2.24, 2.45) is 11.8 Å². The first kappa shape index (κ1) is 16.7. The topological polar surface area (TPSA) is 49.4 Å². The van der Waals surface area contributed by atoms with Crippen LogP contribution in [0.5, 0.6) is 0 Å². The summed E-state index contributed by atoms with van der Waals surface area (Å²) in [5, 5.41) is 2.98. The minimum Gasteiger partial charge on any atom is -0.342 e. The predicted octanol–water partition coefficient (Wildman–Crippen LogP) is 3.53. The molecule has 4 heteroatoms. The predicted molar refractivity (Wildman–Crippen MR) is 95.6 cm³/mol. The van der Waals surface area contributed by atoms with Crippen molar-refractivity contribution in [1.82, 2.24) is 4.90 Å². The normalized spacial score (nSPS) is 23.8. The van der Waals surface area contributed by atoms with E-state index in [1.807, 2.05) is 48.2 Å². The number of carbonyl (C=O) groups excluding carboxylic acids is 2. The quantitative estimate of drug-likeness (QED) is 0.864. The molecule has 2 aliphatic rings. The molecule has 1 aromatic carbocycles. The van der Waals surface area contributed by atoms with Gasteiger partial charge < -0.3 is 10.2 Å². The maximum atomic E-state index is 12.9. The maximum Gasteiger partial charge on any atom is 0.228 e.